The van der Waals surface area contributed by atoms with E-state index in [1.165, 1.54) is 16.4 Å². The Bertz CT molecular complexity index is 778. The molecule has 1 atom stereocenters. The van der Waals surface area contributed by atoms with Crippen LogP contribution in [-0.2, 0) is 19.6 Å². The molecule has 2 amide bonds. The number of hydrogen-bond donors (Lipinski definition) is 0. The van der Waals surface area contributed by atoms with Crippen molar-refractivity contribution in [3.63, 3.8) is 0 Å². The van der Waals surface area contributed by atoms with Crippen molar-refractivity contribution < 1.29 is 22.4 Å². The van der Waals surface area contributed by atoms with E-state index in [-0.39, 0.29) is 35.8 Å². The van der Waals surface area contributed by atoms with Gasteiger partial charge in [0.25, 0.3) is 0 Å². The second-order valence-electron chi connectivity index (χ2n) is 7.21. The molecular formula is C19H25FN2O4S. The van der Waals surface area contributed by atoms with Gasteiger partial charge in [-0.1, -0.05) is 18.6 Å². The van der Waals surface area contributed by atoms with E-state index in [4.69, 9.17) is 0 Å². The number of likely N-dealkylation sites (tertiary alicyclic amines) is 1. The highest BCUT2D eigenvalue weighted by atomic mass is 32.2. The molecule has 2 aliphatic rings. The molecule has 0 aromatic heterocycles. The van der Waals surface area contributed by atoms with Crippen LogP contribution in [0.5, 0.6) is 0 Å². The van der Waals surface area contributed by atoms with E-state index in [1.54, 1.807) is 12.1 Å². The number of imide groups is 1. The van der Waals surface area contributed by atoms with Gasteiger partial charge in [-0.15, -0.1) is 0 Å². The van der Waals surface area contributed by atoms with Gasteiger partial charge in [-0.05, 0) is 42.9 Å². The molecule has 2 saturated heterocycles. The Hall–Kier alpha value is -1.80. The lowest BCUT2D eigenvalue weighted by Crippen LogP contribution is -2.45. The van der Waals surface area contributed by atoms with Crippen LogP contribution in [0.15, 0.2) is 24.3 Å². The maximum absolute atomic E-state index is 13.2. The molecular weight excluding hydrogens is 371 g/mol. The first kappa shape index (κ1) is 19.9. The van der Waals surface area contributed by atoms with E-state index in [9.17, 15) is 22.4 Å². The number of piperidine rings is 1. The van der Waals surface area contributed by atoms with Crippen molar-refractivity contribution in [1.29, 1.82) is 0 Å². The summed E-state index contributed by atoms with van der Waals surface area (Å²) in [4.78, 5) is 24.8. The molecule has 0 N–H and O–H groups in total. The lowest BCUT2D eigenvalue weighted by Gasteiger charge is -2.27. The first-order valence-corrected chi connectivity index (χ1v) is 11.0. The Morgan fingerprint density at radius 3 is 2.33 bits per heavy atom. The fourth-order valence-electron chi connectivity index (χ4n) is 3.75. The molecule has 0 aliphatic carbocycles. The van der Waals surface area contributed by atoms with Crippen LogP contribution in [-0.4, -0.2) is 54.8 Å². The maximum Gasteiger partial charge on any atom is 0.229 e. The summed E-state index contributed by atoms with van der Waals surface area (Å²) in [7, 11) is -3.59. The predicted molar refractivity (Wildman–Crippen MR) is 98.9 cm³/mol. The smallest absolute Gasteiger partial charge is 0.229 e. The summed E-state index contributed by atoms with van der Waals surface area (Å²) >= 11 is 0. The van der Waals surface area contributed by atoms with Crippen molar-refractivity contribution in [2.75, 3.05) is 25.4 Å². The third kappa shape index (κ3) is 4.93. The standard InChI is InChI=1S/C19H25FN2O4S/c20-17-9-7-15(8-10-17)16-4-1-2-11-21(14-16)27(25,26)13-12-22-18(23)5-3-6-19(22)24/h7-10,16H,1-6,11-14H2. The van der Waals surface area contributed by atoms with Crippen LogP contribution in [0.3, 0.4) is 0 Å². The lowest BCUT2D eigenvalue weighted by atomic mass is 9.95. The van der Waals surface area contributed by atoms with Crippen LogP contribution in [0.2, 0.25) is 0 Å². The Morgan fingerprint density at radius 2 is 1.67 bits per heavy atom. The summed E-state index contributed by atoms with van der Waals surface area (Å²) in [6.07, 6.45) is 3.63. The van der Waals surface area contributed by atoms with E-state index in [0.717, 1.165) is 29.7 Å². The fourth-order valence-corrected chi connectivity index (χ4v) is 5.24. The fraction of sp³-hybridized carbons (Fsp3) is 0.579. The zero-order valence-corrected chi connectivity index (χ0v) is 16.1. The SMILES string of the molecule is O=C1CCCC(=O)N1CCS(=O)(=O)N1CCCCC(c2ccc(F)cc2)C1. The molecule has 1 aromatic rings. The molecule has 1 unspecified atom stereocenters. The van der Waals surface area contributed by atoms with E-state index >= 15 is 0 Å². The summed E-state index contributed by atoms with van der Waals surface area (Å²) in [5.74, 6) is -1.13. The van der Waals surface area contributed by atoms with Crippen LogP contribution < -0.4 is 0 Å². The monoisotopic (exact) mass is 396 g/mol. The van der Waals surface area contributed by atoms with Crippen LogP contribution in [0.1, 0.15) is 50.0 Å². The molecule has 3 rings (SSSR count). The largest absolute Gasteiger partial charge is 0.282 e. The van der Waals surface area contributed by atoms with Crippen molar-refractivity contribution in [1.82, 2.24) is 9.21 Å². The molecule has 0 saturated carbocycles. The van der Waals surface area contributed by atoms with Gasteiger partial charge >= 0.3 is 0 Å². The summed E-state index contributed by atoms with van der Waals surface area (Å²) in [6, 6.07) is 6.21. The second kappa shape index (κ2) is 8.48. The normalized spacial score (nSPS) is 22.7. The molecule has 8 heteroatoms. The molecule has 0 radical (unpaired) electrons. The number of benzene rings is 1. The van der Waals surface area contributed by atoms with E-state index in [0.29, 0.717) is 32.4 Å². The molecule has 6 nitrogen and oxygen atoms in total. The summed E-state index contributed by atoms with van der Waals surface area (Å²) in [6.45, 7) is 0.690. The van der Waals surface area contributed by atoms with Crippen LogP contribution >= 0.6 is 0 Å². The van der Waals surface area contributed by atoms with Crippen molar-refractivity contribution in [2.24, 2.45) is 0 Å². The molecule has 2 heterocycles. The first-order chi connectivity index (χ1) is 12.9. The summed E-state index contributed by atoms with van der Waals surface area (Å²) in [5, 5.41) is 0. The van der Waals surface area contributed by atoms with Crippen LogP contribution in [0.4, 0.5) is 4.39 Å². The molecule has 2 fully saturated rings. The Balaban J connectivity index is 1.67. The van der Waals surface area contributed by atoms with Gasteiger partial charge < -0.3 is 0 Å². The maximum atomic E-state index is 13.2. The first-order valence-electron chi connectivity index (χ1n) is 9.43. The van der Waals surface area contributed by atoms with Crippen molar-refractivity contribution in [3.05, 3.63) is 35.6 Å². The van der Waals surface area contributed by atoms with Crippen molar-refractivity contribution >= 4 is 21.8 Å². The van der Waals surface area contributed by atoms with Gasteiger partial charge in [0.1, 0.15) is 5.82 Å². The number of sulfonamides is 1. The Kier molecular flexibility index (Phi) is 6.26. The number of nitrogens with zero attached hydrogens (tertiary/aromatic N) is 2. The van der Waals surface area contributed by atoms with Gasteiger partial charge in [0.05, 0.1) is 5.75 Å². The average Bonchev–Trinajstić information content (AvgIpc) is 2.89. The van der Waals surface area contributed by atoms with E-state index < -0.39 is 10.0 Å². The summed E-state index contributed by atoms with van der Waals surface area (Å²) < 4.78 is 40.3. The van der Waals surface area contributed by atoms with Gasteiger partial charge in [-0.3, -0.25) is 14.5 Å². The van der Waals surface area contributed by atoms with Crippen molar-refractivity contribution in [2.45, 2.75) is 44.4 Å². The number of halogens is 1. The van der Waals surface area contributed by atoms with Gasteiger partial charge in [0.2, 0.25) is 21.8 Å². The van der Waals surface area contributed by atoms with Crippen molar-refractivity contribution in [3.8, 4) is 0 Å². The molecule has 0 spiro atoms. The Labute approximate surface area is 159 Å². The minimum Gasteiger partial charge on any atom is -0.282 e. The minimum atomic E-state index is -3.59. The molecule has 0 bridgehead atoms. The van der Waals surface area contributed by atoms with Gasteiger partial charge in [-0.25, -0.2) is 17.1 Å². The highest BCUT2D eigenvalue weighted by Crippen LogP contribution is 2.28. The van der Waals surface area contributed by atoms with Gasteiger partial charge in [0, 0.05) is 32.5 Å². The summed E-state index contributed by atoms with van der Waals surface area (Å²) in [5.41, 5.74) is 0.930. The highest BCUT2D eigenvalue weighted by Gasteiger charge is 2.31. The minimum absolute atomic E-state index is 0.0149. The molecule has 148 valence electrons. The van der Waals surface area contributed by atoms with E-state index in [2.05, 4.69) is 0 Å². The predicted octanol–water partition coefficient (Wildman–Crippen LogP) is 2.26. The van der Waals surface area contributed by atoms with E-state index in [1.807, 2.05) is 0 Å². The topological polar surface area (TPSA) is 74.8 Å². The highest BCUT2D eigenvalue weighted by molar-refractivity contribution is 7.89. The third-order valence-electron chi connectivity index (χ3n) is 5.33. The van der Waals surface area contributed by atoms with Crippen LogP contribution in [0.25, 0.3) is 0 Å². The Morgan fingerprint density at radius 1 is 1.00 bits per heavy atom. The number of carbonyl (C=O) groups excluding carboxylic acids is 2. The lowest BCUT2D eigenvalue weighted by molar-refractivity contribution is -0.147. The second-order valence-corrected chi connectivity index (χ2v) is 9.30. The zero-order valence-electron chi connectivity index (χ0n) is 15.3. The van der Waals surface area contributed by atoms with Crippen LogP contribution in [0, 0.1) is 5.82 Å². The number of hydrogen-bond acceptors (Lipinski definition) is 4. The third-order valence-corrected chi connectivity index (χ3v) is 7.14. The van der Waals surface area contributed by atoms with Gasteiger partial charge in [0.15, 0.2) is 0 Å². The molecule has 2 aliphatic heterocycles. The molecule has 27 heavy (non-hydrogen) atoms. The zero-order chi connectivity index (χ0) is 19.4. The molecule has 1 aromatic carbocycles. The number of carbonyl (C=O) groups is 2. The number of rotatable bonds is 5. The van der Waals surface area contributed by atoms with Gasteiger partial charge in [-0.2, -0.15) is 0 Å². The average molecular weight is 396 g/mol. The quantitative estimate of drug-likeness (QED) is 0.716. The number of amides is 2.